The molecule has 17 heavy (non-hydrogen) atoms. The Labute approximate surface area is 98.0 Å². The molecule has 88 valence electrons. The van der Waals surface area contributed by atoms with Crippen molar-refractivity contribution in [1.82, 2.24) is 0 Å². The fourth-order valence-electron chi connectivity index (χ4n) is 1.31. The average Bonchev–Trinajstić information content (AvgIpc) is 2.33. The van der Waals surface area contributed by atoms with Gasteiger partial charge in [-0.1, -0.05) is 18.2 Å². The summed E-state index contributed by atoms with van der Waals surface area (Å²) < 4.78 is 29.6. The first-order valence-electron chi connectivity index (χ1n) is 4.91. The van der Waals surface area contributed by atoms with Crippen molar-refractivity contribution in [2.45, 2.75) is 0 Å². The summed E-state index contributed by atoms with van der Waals surface area (Å²) in [7, 11) is -3.90. The highest BCUT2D eigenvalue weighted by Gasteiger charge is 2.23. The van der Waals surface area contributed by atoms with Crippen molar-refractivity contribution in [3.8, 4) is 5.75 Å². The smallest absolute Gasteiger partial charge is 0.408 e. The third kappa shape index (κ3) is 2.93. The maximum atomic E-state index is 12.7. The number of hydrogen-bond acceptors (Lipinski definition) is 2. The molecule has 5 heteroatoms. The van der Waals surface area contributed by atoms with Crippen LogP contribution < -0.4 is 9.83 Å². The maximum Gasteiger partial charge on any atom is 0.408 e. The van der Waals surface area contributed by atoms with E-state index in [0.717, 1.165) is 0 Å². The van der Waals surface area contributed by atoms with Crippen LogP contribution >= 0.6 is 7.60 Å². The second-order valence-corrected chi connectivity index (χ2v) is 5.14. The molecule has 0 aromatic heterocycles. The Morgan fingerprint density at radius 3 is 2.18 bits per heavy atom. The summed E-state index contributed by atoms with van der Waals surface area (Å²) in [5.41, 5.74) is 0. The van der Waals surface area contributed by atoms with Gasteiger partial charge in [0.2, 0.25) is 0 Å². The van der Waals surface area contributed by atoms with Crippen LogP contribution in [0.2, 0.25) is 0 Å². The van der Waals surface area contributed by atoms with Gasteiger partial charge in [-0.25, -0.2) is 8.96 Å². The fraction of sp³-hybridized carbons (Fsp3) is 0. The van der Waals surface area contributed by atoms with E-state index in [0.29, 0.717) is 0 Å². The zero-order chi connectivity index (χ0) is 12.3. The summed E-state index contributed by atoms with van der Waals surface area (Å²) in [4.78, 5) is 9.75. The highest BCUT2D eigenvalue weighted by atomic mass is 31.2. The summed E-state index contributed by atoms with van der Waals surface area (Å²) in [5, 5.41) is 0.198. The first kappa shape index (κ1) is 11.8. The lowest BCUT2D eigenvalue weighted by atomic mass is 10.3. The van der Waals surface area contributed by atoms with E-state index < -0.39 is 13.4 Å². The summed E-state index contributed by atoms with van der Waals surface area (Å²) in [6.45, 7) is 0. The largest absolute Gasteiger partial charge is 0.421 e. The maximum absolute atomic E-state index is 12.7. The normalized spacial score (nSPS) is 14.0. The third-order valence-electron chi connectivity index (χ3n) is 2.13. The van der Waals surface area contributed by atoms with Crippen LogP contribution in [-0.2, 0) is 4.57 Å². The van der Waals surface area contributed by atoms with Crippen molar-refractivity contribution in [3.05, 3.63) is 60.4 Å². The molecule has 1 atom stereocenters. The molecule has 0 aliphatic rings. The lowest BCUT2D eigenvalue weighted by Gasteiger charge is -2.13. The lowest BCUT2D eigenvalue weighted by molar-refractivity contribution is 0.393. The van der Waals surface area contributed by atoms with Crippen molar-refractivity contribution < 1.29 is 18.4 Å². The van der Waals surface area contributed by atoms with E-state index in [1.807, 2.05) is 0 Å². The van der Waals surface area contributed by atoms with E-state index in [1.165, 1.54) is 36.4 Å². The van der Waals surface area contributed by atoms with Crippen molar-refractivity contribution in [3.63, 3.8) is 0 Å². The van der Waals surface area contributed by atoms with Crippen LogP contribution in [0.1, 0.15) is 0 Å². The Morgan fingerprint density at radius 1 is 1.00 bits per heavy atom. The topological polar surface area (TPSA) is 46.5 Å². The zero-order valence-corrected chi connectivity index (χ0v) is 9.68. The van der Waals surface area contributed by atoms with Gasteiger partial charge < -0.3 is 9.42 Å². The molecule has 0 aliphatic carbocycles. The van der Waals surface area contributed by atoms with E-state index >= 15 is 0 Å². The molecule has 2 aromatic rings. The average molecular weight is 252 g/mol. The molecule has 3 nitrogen and oxygen atoms in total. The summed E-state index contributed by atoms with van der Waals surface area (Å²) >= 11 is 0. The first-order valence-corrected chi connectivity index (χ1v) is 6.49. The van der Waals surface area contributed by atoms with Crippen molar-refractivity contribution in [1.29, 1.82) is 0 Å². The van der Waals surface area contributed by atoms with Crippen LogP contribution in [0.3, 0.4) is 0 Å². The Hall–Kier alpha value is -1.64. The minimum Gasteiger partial charge on any atom is -0.421 e. The Balaban J connectivity index is 2.23. The molecule has 2 aromatic carbocycles. The van der Waals surface area contributed by atoms with Crippen LogP contribution in [-0.4, -0.2) is 4.89 Å². The monoisotopic (exact) mass is 252 g/mol. The van der Waals surface area contributed by atoms with Gasteiger partial charge in [0.15, 0.2) is 0 Å². The van der Waals surface area contributed by atoms with Crippen LogP contribution in [0.15, 0.2) is 54.6 Å². The minimum atomic E-state index is -3.90. The van der Waals surface area contributed by atoms with Crippen LogP contribution in [0, 0.1) is 5.82 Å². The molecule has 0 spiro atoms. The molecule has 1 N–H and O–H groups in total. The zero-order valence-electron chi connectivity index (χ0n) is 8.79. The van der Waals surface area contributed by atoms with E-state index in [4.69, 9.17) is 4.52 Å². The molecule has 0 saturated carbocycles. The van der Waals surface area contributed by atoms with E-state index in [2.05, 4.69) is 0 Å². The second-order valence-electron chi connectivity index (χ2n) is 3.40. The molecule has 0 radical (unpaired) electrons. The Kier molecular flexibility index (Phi) is 3.27. The van der Waals surface area contributed by atoms with Crippen molar-refractivity contribution >= 4 is 12.9 Å². The number of halogens is 1. The molecule has 0 amide bonds. The Bertz CT molecular complexity index is 539. The van der Waals surface area contributed by atoms with Gasteiger partial charge in [-0.05, 0) is 36.4 Å². The predicted molar refractivity (Wildman–Crippen MR) is 62.9 cm³/mol. The van der Waals surface area contributed by atoms with E-state index in [9.17, 15) is 13.8 Å². The minimum absolute atomic E-state index is 0.154. The van der Waals surface area contributed by atoms with Gasteiger partial charge in [0.1, 0.15) is 11.6 Å². The number of rotatable bonds is 3. The second kappa shape index (κ2) is 4.70. The molecule has 1 unspecified atom stereocenters. The lowest BCUT2D eigenvalue weighted by Crippen LogP contribution is -2.08. The van der Waals surface area contributed by atoms with Crippen LogP contribution in [0.4, 0.5) is 4.39 Å². The van der Waals surface area contributed by atoms with Gasteiger partial charge in [0.05, 0.1) is 5.30 Å². The number of hydrogen-bond donors (Lipinski definition) is 1. The van der Waals surface area contributed by atoms with Gasteiger partial charge in [0, 0.05) is 0 Å². The molecule has 0 saturated heterocycles. The summed E-state index contributed by atoms with van der Waals surface area (Å²) in [5.74, 6) is -0.272. The third-order valence-corrected chi connectivity index (χ3v) is 3.53. The van der Waals surface area contributed by atoms with Gasteiger partial charge >= 0.3 is 7.60 Å². The molecule has 0 fully saturated rings. The fourth-order valence-corrected chi connectivity index (χ4v) is 2.37. The molecular formula is C12H10FO3P. The molecular weight excluding hydrogens is 242 g/mol. The highest BCUT2D eigenvalue weighted by Crippen LogP contribution is 2.41. The van der Waals surface area contributed by atoms with Gasteiger partial charge in [0.25, 0.3) is 0 Å². The van der Waals surface area contributed by atoms with E-state index in [1.54, 1.807) is 18.2 Å². The van der Waals surface area contributed by atoms with Gasteiger partial charge in [-0.2, -0.15) is 0 Å². The molecule has 0 bridgehead atoms. The summed E-state index contributed by atoms with van der Waals surface area (Å²) in [6.07, 6.45) is 0. The predicted octanol–water partition coefficient (Wildman–Crippen LogP) is 2.72. The highest BCUT2D eigenvalue weighted by molar-refractivity contribution is 7.61. The standard InChI is InChI=1S/C12H10FO3P/c13-10-6-8-11(9-7-10)16-17(14,15)12-4-2-1-3-5-12/h1-9H,(H,14,15). The van der Waals surface area contributed by atoms with Gasteiger partial charge in [-0.15, -0.1) is 0 Å². The van der Waals surface area contributed by atoms with Crippen LogP contribution in [0.25, 0.3) is 0 Å². The van der Waals surface area contributed by atoms with Crippen LogP contribution in [0.5, 0.6) is 5.75 Å². The SMILES string of the molecule is O=P(O)(Oc1ccc(F)cc1)c1ccccc1. The molecule has 0 aliphatic heterocycles. The number of benzene rings is 2. The first-order chi connectivity index (χ1) is 8.08. The van der Waals surface area contributed by atoms with Crippen molar-refractivity contribution in [2.75, 3.05) is 0 Å². The summed E-state index contributed by atoms with van der Waals surface area (Å²) in [6, 6.07) is 13.0. The molecule has 2 rings (SSSR count). The van der Waals surface area contributed by atoms with E-state index in [-0.39, 0.29) is 11.1 Å². The van der Waals surface area contributed by atoms with Gasteiger partial charge in [-0.3, -0.25) is 0 Å². The Morgan fingerprint density at radius 2 is 1.59 bits per heavy atom. The quantitative estimate of drug-likeness (QED) is 0.854. The van der Waals surface area contributed by atoms with Crippen molar-refractivity contribution in [2.24, 2.45) is 0 Å². The molecule has 0 heterocycles.